The number of carbonyl (C=O) groups excluding carboxylic acids is 1. The highest BCUT2D eigenvalue weighted by Crippen LogP contribution is 2.30. The van der Waals surface area contributed by atoms with Gasteiger partial charge in [-0.3, -0.25) is 9.10 Å². The minimum absolute atomic E-state index is 0.135. The van der Waals surface area contributed by atoms with Crippen molar-refractivity contribution in [2.45, 2.75) is 25.2 Å². The Hall–Kier alpha value is -3.12. The summed E-state index contributed by atoms with van der Waals surface area (Å²) >= 11 is 0. The quantitative estimate of drug-likeness (QED) is 0.584. The summed E-state index contributed by atoms with van der Waals surface area (Å²) in [5.41, 5.74) is 4.60. The van der Waals surface area contributed by atoms with Gasteiger partial charge in [0.15, 0.2) is 0 Å². The van der Waals surface area contributed by atoms with Crippen molar-refractivity contribution in [3.63, 3.8) is 0 Å². The van der Waals surface area contributed by atoms with Gasteiger partial charge in [0.25, 0.3) is 5.91 Å². The number of nitrogens with zero attached hydrogens (tertiary/aromatic N) is 1. The van der Waals surface area contributed by atoms with Gasteiger partial charge in [0, 0.05) is 24.6 Å². The highest BCUT2D eigenvalue weighted by molar-refractivity contribution is 7.92. The highest BCUT2D eigenvalue weighted by Gasteiger charge is 2.24. The molecular weight excluding hydrogens is 420 g/mol. The van der Waals surface area contributed by atoms with Gasteiger partial charge in [-0.1, -0.05) is 60.7 Å². The van der Waals surface area contributed by atoms with Crippen molar-refractivity contribution in [1.82, 2.24) is 5.32 Å². The summed E-state index contributed by atoms with van der Waals surface area (Å²) < 4.78 is 25.5. The average molecular weight is 449 g/mol. The molecule has 3 aromatic carbocycles. The first-order valence-corrected chi connectivity index (χ1v) is 12.8. The minimum atomic E-state index is -3.32. The molecule has 0 spiro atoms. The fourth-order valence-electron chi connectivity index (χ4n) is 4.38. The average Bonchev–Trinajstić information content (AvgIpc) is 2.81. The third kappa shape index (κ3) is 5.02. The van der Waals surface area contributed by atoms with Gasteiger partial charge in [0.2, 0.25) is 10.0 Å². The number of aryl methyl sites for hydroxylation is 1. The zero-order valence-electron chi connectivity index (χ0n) is 18.2. The van der Waals surface area contributed by atoms with E-state index < -0.39 is 10.0 Å². The number of hydrogen-bond donors (Lipinski definition) is 1. The molecule has 4 rings (SSSR count). The summed E-state index contributed by atoms with van der Waals surface area (Å²) in [6.07, 6.45) is 3.53. The Kier molecular flexibility index (Phi) is 6.61. The van der Waals surface area contributed by atoms with Gasteiger partial charge >= 0.3 is 0 Å². The first-order valence-electron chi connectivity index (χ1n) is 10.9. The van der Waals surface area contributed by atoms with Crippen molar-refractivity contribution in [2.24, 2.45) is 0 Å². The van der Waals surface area contributed by atoms with Crippen LogP contribution in [0.4, 0.5) is 5.69 Å². The third-order valence-corrected chi connectivity index (χ3v) is 7.12. The first kappa shape index (κ1) is 22.1. The van der Waals surface area contributed by atoms with E-state index in [0.29, 0.717) is 24.3 Å². The number of benzene rings is 3. The summed E-state index contributed by atoms with van der Waals surface area (Å²) in [6, 6.07) is 25.9. The van der Waals surface area contributed by atoms with E-state index in [1.807, 2.05) is 42.5 Å². The van der Waals surface area contributed by atoms with Crippen LogP contribution >= 0.6 is 0 Å². The largest absolute Gasteiger partial charge is 0.352 e. The Morgan fingerprint density at radius 1 is 0.969 bits per heavy atom. The van der Waals surface area contributed by atoms with E-state index in [2.05, 4.69) is 29.6 Å². The third-order valence-electron chi connectivity index (χ3n) is 5.94. The molecule has 0 fully saturated rings. The number of anilines is 1. The van der Waals surface area contributed by atoms with Crippen molar-refractivity contribution in [2.75, 3.05) is 23.7 Å². The van der Waals surface area contributed by atoms with Crippen molar-refractivity contribution < 1.29 is 13.2 Å². The zero-order chi connectivity index (χ0) is 22.6. The predicted molar refractivity (Wildman–Crippen MR) is 129 cm³/mol. The molecule has 3 aromatic rings. The van der Waals surface area contributed by atoms with Crippen molar-refractivity contribution in [3.8, 4) is 0 Å². The Bertz CT molecular complexity index is 1140. The Labute approximate surface area is 190 Å². The zero-order valence-corrected chi connectivity index (χ0v) is 19.0. The molecule has 5 nitrogen and oxygen atoms in total. The number of amides is 1. The molecule has 0 aliphatic carbocycles. The lowest BCUT2D eigenvalue weighted by Gasteiger charge is -2.29. The second-order valence-electron chi connectivity index (χ2n) is 8.20. The van der Waals surface area contributed by atoms with Gasteiger partial charge in [0.1, 0.15) is 0 Å². The standard InChI is InChI=1S/C26H28N2O3S/c1-32(30,31)28-18-8-13-22-19-23(14-15-25(22)28)26(29)27-17-16-24(20-9-4-2-5-10-20)21-11-6-3-7-12-21/h2-7,9-12,14-15,19,24H,8,13,16-18H2,1H3,(H,27,29). The number of hydrogen-bond acceptors (Lipinski definition) is 3. The highest BCUT2D eigenvalue weighted by atomic mass is 32.2. The Balaban J connectivity index is 1.45. The Morgan fingerprint density at radius 2 is 1.59 bits per heavy atom. The monoisotopic (exact) mass is 448 g/mol. The van der Waals surface area contributed by atoms with Crippen LogP contribution in [0.25, 0.3) is 0 Å². The van der Waals surface area contributed by atoms with Crippen LogP contribution in [-0.4, -0.2) is 33.7 Å². The topological polar surface area (TPSA) is 66.5 Å². The molecule has 0 bridgehead atoms. The van der Waals surface area contributed by atoms with Gasteiger partial charge in [0.05, 0.1) is 11.9 Å². The maximum atomic E-state index is 12.8. The van der Waals surface area contributed by atoms with Crippen LogP contribution in [0.3, 0.4) is 0 Å². The van der Waals surface area contributed by atoms with Crippen LogP contribution in [-0.2, 0) is 16.4 Å². The molecule has 32 heavy (non-hydrogen) atoms. The number of nitrogens with one attached hydrogen (secondary N) is 1. The normalized spacial score (nSPS) is 13.6. The van der Waals surface area contributed by atoms with Gasteiger partial charge in [-0.25, -0.2) is 8.42 Å². The number of sulfonamides is 1. The minimum Gasteiger partial charge on any atom is -0.352 e. The molecule has 0 saturated carbocycles. The van der Waals surface area contributed by atoms with E-state index in [0.717, 1.165) is 24.8 Å². The molecule has 1 aliphatic heterocycles. The van der Waals surface area contributed by atoms with E-state index in [1.165, 1.54) is 21.7 Å². The second kappa shape index (κ2) is 9.57. The van der Waals surface area contributed by atoms with E-state index >= 15 is 0 Å². The van der Waals surface area contributed by atoms with Gasteiger partial charge in [-0.05, 0) is 54.2 Å². The summed E-state index contributed by atoms with van der Waals surface area (Å²) in [5.74, 6) is 0.0636. The summed E-state index contributed by atoms with van der Waals surface area (Å²) in [6.45, 7) is 1.03. The lowest BCUT2D eigenvalue weighted by molar-refractivity contribution is 0.0952. The smallest absolute Gasteiger partial charge is 0.251 e. The van der Waals surface area contributed by atoms with Crippen LogP contribution in [0.1, 0.15) is 45.8 Å². The van der Waals surface area contributed by atoms with Crippen LogP contribution in [0, 0.1) is 0 Å². The van der Waals surface area contributed by atoms with E-state index in [-0.39, 0.29) is 11.8 Å². The number of fused-ring (bicyclic) bond motifs is 1. The van der Waals surface area contributed by atoms with Gasteiger partial charge < -0.3 is 5.32 Å². The molecule has 1 N–H and O–H groups in total. The van der Waals surface area contributed by atoms with Crippen molar-refractivity contribution in [1.29, 1.82) is 0 Å². The maximum absolute atomic E-state index is 12.8. The van der Waals surface area contributed by atoms with Crippen LogP contribution in [0.5, 0.6) is 0 Å². The molecule has 6 heteroatoms. The van der Waals surface area contributed by atoms with E-state index in [4.69, 9.17) is 0 Å². The van der Waals surface area contributed by atoms with Crippen LogP contribution in [0.2, 0.25) is 0 Å². The Morgan fingerprint density at radius 3 is 2.19 bits per heavy atom. The molecule has 0 saturated heterocycles. The molecular formula is C26H28N2O3S. The molecule has 0 radical (unpaired) electrons. The van der Waals surface area contributed by atoms with Gasteiger partial charge in [-0.2, -0.15) is 0 Å². The van der Waals surface area contributed by atoms with Crippen LogP contribution in [0.15, 0.2) is 78.9 Å². The molecule has 0 unspecified atom stereocenters. The summed E-state index contributed by atoms with van der Waals surface area (Å²) in [5, 5.41) is 3.05. The van der Waals surface area contributed by atoms with Crippen LogP contribution < -0.4 is 9.62 Å². The summed E-state index contributed by atoms with van der Waals surface area (Å²) in [4.78, 5) is 12.8. The molecule has 1 heterocycles. The van der Waals surface area contributed by atoms with E-state index in [9.17, 15) is 13.2 Å². The van der Waals surface area contributed by atoms with Crippen molar-refractivity contribution >= 4 is 21.6 Å². The van der Waals surface area contributed by atoms with Crippen molar-refractivity contribution in [3.05, 3.63) is 101 Å². The molecule has 0 aromatic heterocycles. The molecule has 1 amide bonds. The van der Waals surface area contributed by atoms with Gasteiger partial charge in [-0.15, -0.1) is 0 Å². The number of carbonyl (C=O) groups is 1. The maximum Gasteiger partial charge on any atom is 0.251 e. The molecule has 166 valence electrons. The summed E-state index contributed by atoms with van der Waals surface area (Å²) in [7, 11) is -3.32. The lowest BCUT2D eigenvalue weighted by atomic mass is 9.88. The van der Waals surface area contributed by atoms with E-state index in [1.54, 1.807) is 12.1 Å². The fourth-order valence-corrected chi connectivity index (χ4v) is 5.37. The lowest BCUT2D eigenvalue weighted by Crippen LogP contribution is -2.34. The SMILES string of the molecule is CS(=O)(=O)N1CCCc2cc(C(=O)NCCC(c3ccccc3)c3ccccc3)ccc21. The number of rotatable bonds is 7. The first-order chi connectivity index (χ1) is 15.4. The predicted octanol–water partition coefficient (Wildman–Crippen LogP) is 4.35. The molecule has 0 atom stereocenters. The second-order valence-corrected chi connectivity index (χ2v) is 10.1. The molecule has 1 aliphatic rings. The fraction of sp³-hybridized carbons (Fsp3) is 0.269.